The third kappa shape index (κ3) is 8.56. The third-order valence-electron chi connectivity index (χ3n) is 11.7. The molecule has 2 fully saturated rings. The van der Waals surface area contributed by atoms with Crippen LogP contribution < -0.4 is 16.0 Å². The quantitative estimate of drug-likeness (QED) is 0.126. The molecule has 15 heteroatoms. The van der Waals surface area contributed by atoms with Crippen LogP contribution in [-0.2, 0) is 30.3 Å². The lowest BCUT2D eigenvalue weighted by atomic mass is 9.95. The number of methoxy groups -OCH3 is 2. The second-order valence-electron chi connectivity index (χ2n) is 16.5. The van der Waals surface area contributed by atoms with E-state index in [1.807, 2.05) is 81.1 Å². The highest BCUT2D eigenvalue weighted by Gasteiger charge is 2.40. The number of carbonyl (C=O) groups is 5. The van der Waals surface area contributed by atoms with E-state index in [9.17, 15) is 24.0 Å². The lowest BCUT2D eigenvalue weighted by molar-refractivity contribution is -0.135. The molecule has 7 rings (SSSR count). The van der Waals surface area contributed by atoms with E-state index >= 15 is 0 Å². The van der Waals surface area contributed by atoms with Crippen LogP contribution in [0.3, 0.4) is 0 Å². The predicted molar refractivity (Wildman–Crippen MR) is 229 cm³/mol. The average molecular weight is 819 g/mol. The van der Waals surface area contributed by atoms with E-state index in [0.717, 1.165) is 75.9 Å². The number of anilines is 1. The van der Waals surface area contributed by atoms with E-state index < -0.39 is 24.3 Å². The SMILES string of the molecule is COC(=O)N[C@H](C(=O)N1CCC[C@H]1C1=Nc2ccc(-c3ccc(-c4ccc5nc([C@@H]6CCCN6C(=O)[C@@H](NC(=O)OC)C(C)C)[nH]c5c4)c(NC(C)=O)c3)cc2C1)C(C)C. The lowest BCUT2D eigenvalue weighted by Gasteiger charge is -2.30. The number of aliphatic imine (C=N–C) groups is 1. The summed E-state index contributed by atoms with van der Waals surface area (Å²) in [4.78, 5) is 81.1. The molecule has 316 valence electrons. The van der Waals surface area contributed by atoms with Crippen molar-refractivity contribution in [2.75, 3.05) is 32.6 Å². The van der Waals surface area contributed by atoms with Crippen molar-refractivity contribution in [2.45, 2.75) is 90.9 Å². The van der Waals surface area contributed by atoms with Crippen LogP contribution in [0.4, 0.5) is 21.0 Å². The molecule has 0 aliphatic carbocycles. The molecule has 0 saturated carbocycles. The fraction of sp³-hybridized carbons (Fsp3) is 0.444. The Bertz CT molecular complexity index is 2350. The number of fused-ring (bicyclic) bond motifs is 2. The molecular formula is C45H54N8O7. The summed E-state index contributed by atoms with van der Waals surface area (Å²) in [6, 6.07) is 16.2. The number of nitrogens with one attached hydrogen (secondary N) is 4. The molecule has 60 heavy (non-hydrogen) atoms. The number of benzene rings is 3. The molecule has 4 N–H and O–H groups in total. The smallest absolute Gasteiger partial charge is 0.407 e. The number of likely N-dealkylation sites (tertiary alicyclic amines) is 2. The maximum Gasteiger partial charge on any atom is 0.407 e. The number of alkyl carbamates (subject to hydrolysis) is 2. The minimum atomic E-state index is -0.728. The van der Waals surface area contributed by atoms with E-state index in [2.05, 4.69) is 27.0 Å². The monoisotopic (exact) mass is 818 g/mol. The number of imidazole rings is 1. The Morgan fingerprint density at radius 1 is 0.750 bits per heavy atom. The molecule has 1 aromatic heterocycles. The second-order valence-corrected chi connectivity index (χ2v) is 16.5. The van der Waals surface area contributed by atoms with Gasteiger partial charge in [0.25, 0.3) is 0 Å². The van der Waals surface area contributed by atoms with Crippen molar-refractivity contribution in [1.82, 2.24) is 30.4 Å². The highest BCUT2D eigenvalue weighted by molar-refractivity contribution is 6.02. The fourth-order valence-electron chi connectivity index (χ4n) is 8.67. The zero-order valence-corrected chi connectivity index (χ0v) is 35.3. The van der Waals surface area contributed by atoms with Gasteiger partial charge in [-0.3, -0.25) is 19.4 Å². The van der Waals surface area contributed by atoms with Crippen molar-refractivity contribution >= 4 is 58.0 Å². The molecule has 0 unspecified atom stereocenters. The van der Waals surface area contributed by atoms with Crippen molar-refractivity contribution in [3.8, 4) is 22.3 Å². The first-order valence-electron chi connectivity index (χ1n) is 20.7. The molecule has 4 aromatic rings. The van der Waals surface area contributed by atoms with Gasteiger partial charge >= 0.3 is 12.2 Å². The summed E-state index contributed by atoms with van der Waals surface area (Å²) in [7, 11) is 2.57. The number of nitrogens with zero attached hydrogens (tertiary/aromatic N) is 4. The molecule has 4 heterocycles. The second kappa shape index (κ2) is 17.5. The number of aromatic amines is 1. The lowest BCUT2D eigenvalue weighted by Crippen LogP contribution is -2.53. The molecule has 2 saturated heterocycles. The molecule has 4 atom stereocenters. The van der Waals surface area contributed by atoms with Crippen molar-refractivity contribution < 1.29 is 33.4 Å². The number of H-pyrrole nitrogens is 1. The largest absolute Gasteiger partial charge is 0.453 e. The number of rotatable bonds is 11. The third-order valence-corrected chi connectivity index (χ3v) is 11.7. The summed E-state index contributed by atoms with van der Waals surface area (Å²) in [5.41, 5.74) is 8.65. The van der Waals surface area contributed by atoms with Gasteiger partial charge < -0.3 is 40.2 Å². The van der Waals surface area contributed by atoms with Crippen LogP contribution in [0.2, 0.25) is 0 Å². The van der Waals surface area contributed by atoms with Gasteiger partial charge in [0.15, 0.2) is 0 Å². The summed E-state index contributed by atoms with van der Waals surface area (Å²) in [6.45, 7) is 10.2. The van der Waals surface area contributed by atoms with Gasteiger partial charge in [0.1, 0.15) is 17.9 Å². The van der Waals surface area contributed by atoms with Gasteiger partial charge in [0.05, 0.1) is 43.0 Å². The number of ether oxygens (including phenoxy) is 2. The van der Waals surface area contributed by atoms with Gasteiger partial charge in [-0.1, -0.05) is 52.0 Å². The molecule has 15 nitrogen and oxygen atoms in total. The Morgan fingerprint density at radius 2 is 1.33 bits per heavy atom. The fourth-order valence-corrected chi connectivity index (χ4v) is 8.67. The van der Waals surface area contributed by atoms with Crippen LogP contribution in [0, 0.1) is 11.8 Å². The van der Waals surface area contributed by atoms with E-state index in [-0.39, 0.29) is 41.6 Å². The van der Waals surface area contributed by atoms with Crippen LogP contribution in [0.1, 0.15) is 77.7 Å². The maximum absolute atomic E-state index is 13.7. The molecule has 0 radical (unpaired) electrons. The average Bonchev–Trinajstić information content (AvgIpc) is 4.06. The van der Waals surface area contributed by atoms with Crippen LogP contribution >= 0.6 is 0 Å². The minimum Gasteiger partial charge on any atom is -0.453 e. The molecule has 0 bridgehead atoms. The summed E-state index contributed by atoms with van der Waals surface area (Å²) in [5.74, 6) is -0.0818. The van der Waals surface area contributed by atoms with Crippen molar-refractivity contribution in [3.63, 3.8) is 0 Å². The first-order valence-corrected chi connectivity index (χ1v) is 20.7. The Balaban J connectivity index is 1.10. The molecule has 3 aromatic carbocycles. The van der Waals surface area contributed by atoms with Gasteiger partial charge in [-0.25, -0.2) is 14.6 Å². The van der Waals surface area contributed by atoms with E-state index in [1.54, 1.807) is 4.90 Å². The highest BCUT2D eigenvalue weighted by Crippen LogP contribution is 2.39. The molecule has 5 amide bonds. The Kier molecular flexibility index (Phi) is 12.2. The number of amides is 5. The Hall–Kier alpha value is -6.25. The van der Waals surface area contributed by atoms with Crippen LogP contribution in [0.15, 0.2) is 59.6 Å². The number of hydrogen-bond acceptors (Lipinski definition) is 9. The van der Waals surface area contributed by atoms with Crippen LogP contribution in [0.5, 0.6) is 0 Å². The van der Waals surface area contributed by atoms with E-state index in [0.29, 0.717) is 31.0 Å². The summed E-state index contributed by atoms with van der Waals surface area (Å²) >= 11 is 0. The minimum absolute atomic E-state index is 0.118. The summed E-state index contributed by atoms with van der Waals surface area (Å²) in [5, 5.41) is 8.45. The summed E-state index contributed by atoms with van der Waals surface area (Å²) in [6.07, 6.45) is 2.52. The molecular weight excluding hydrogens is 765 g/mol. The Labute approximate surface area is 349 Å². The van der Waals surface area contributed by atoms with Crippen molar-refractivity contribution in [1.29, 1.82) is 0 Å². The highest BCUT2D eigenvalue weighted by atomic mass is 16.5. The first-order chi connectivity index (χ1) is 28.8. The summed E-state index contributed by atoms with van der Waals surface area (Å²) < 4.78 is 9.57. The predicted octanol–water partition coefficient (Wildman–Crippen LogP) is 6.90. The maximum atomic E-state index is 13.7. The molecule has 3 aliphatic heterocycles. The number of aromatic nitrogens is 2. The zero-order chi connectivity index (χ0) is 42.8. The first kappa shape index (κ1) is 41.9. The van der Waals surface area contributed by atoms with Crippen molar-refractivity contribution in [3.05, 3.63) is 66.0 Å². The van der Waals surface area contributed by atoms with Gasteiger partial charge in [0, 0.05) is 43.4 Å². The van der Waals surface area contributed by atoms with Crippen LogP contribution in [0.25, 0.3) is 33.3 Å². The van der Waals surface area contributed by atoms with Gasteiger partial charge in [-0.05, 0) is 90.1 Å². The molecule has 3 aliphatic rings. The molecule has 0 spiro atoms. The van der Waals surface area contributed by atoms with Gasteiger partial charge in [0.2, 0.25) is 17.7 Å². The van der Waals surface area contributed by atoms with E-state index in [4.69, 9.17) is 19.5 Å². The van der Waals surface area contributed by atoms with Gasteiger partial charge in [-0.15, -0.1) is 0 Å². The standard InChI is InChI=1S/C45H54N8O7/c1-24(2)39(50-44(57)59-6)42(55)52-18-8-10-37(52)36-23-30-20-27(13-16-32(30)47-36)28-12-15-31(34(21-28)46-26(5)54)29-14-17-33-35(22-29)49-41(48-33)38-11-9-19-53(38)43(56)40(25(3)4)51-45(58)60-7/h12-17,20-22,24-25,37-40H,8-11,18-19,23H2,1-7H3,(H,46,54)(H,48,49)(H,50,57)(H,51,58)/t37-,38-,39-,40-/m0/s1. The van der Waals surface area contributed by atoms with Crippen molar-refractivity contribution in [2.24, 2.45) is 16.8 Å². The zero-order valence-electron chi connectivity index (χ0n) is 35.3. The van der Waals surface area contributed by atoms with Gasteiger partial charge in [-0.2, -0.15) is 0 Å². The van der Waals surface area contributed by atoms with E-state index in [1.165, 1.54) is 21.1 Å². The van der Waals surface area contributed by atoms with Crippen LogP contribution in [-0.4, -0.2) is 101 Å². The Morgan fingerprint density at radius 3 is 1.95 bits per heavy atom. The number of carbonyl (C=O) groups excluding carboxylic acids is 5. The number of hydrogen-bond donors (Lipinski definition) is 4. The topological polar surface area (TPSA) is 187 Å². The normalized spacial score (nSPS) is 18.3.